The molecule has 0 aliphatic rings. The summed E-state index contributed by atoms with van der Waals surface area (Å²) in [5.74, 6) is -0.142. The molecule has 0 saturated heterocycles. The highest BCUT2D eigenvalue weighted by Gasteiger charge is 2.44. The second kappa shape index (κ2) is 10.2. The molecule has 0 aliphatic carbocycles. The molecule has 0 bridgehead atoms. The third-order valence-corrected chi connectivity index (χ3v) is 5.23. The van der Waals surface area contributed by atoms with E-state index in [4.69, 9.17) is 18.0 Å². The Morgan fingerprint density at radius 1 is 1.20 bits per heavy atom. The molecule has 0 aromatic heterocycles. The number of Topliss-reactive ketones (excluding diaryl/α,β-unsaturated/α-hetero) is 1. The average Bonchev–Trinajstić information content (AvgIpc) is 2.38. The van der Waals surface area contributed by atoms with E-state index in [0.29, 0.717) is 25.4 Å². The molecular formula is C14H28O5Si. The van der Waals surface area contributed by atoms with Crippen LogP contribution in [0, 0.1) is 0 Å². The summed E-state index contributed by atoms with van der Waals surface area (Å²) in [7, 11) is -2.99. The molecule has 1 unspecified atom stereocenters. The van der Waals surface area contributed by atoms with Gasteiger partial charge in [0, 0.05) is 19.8 Å². The minimum Gasteiger partial charge on any atom is -0.377 e. The first-order chi connectivity index (χ1) is 9.42. The van der Waals surface area contributed by atoms with Crippen LogP contribution in [0.3, 0.4) is 0 Å². The number of rotatable bonds is 12. The zero-order valence-electron chi connectivity index (χ0n) is 13.4. The van der Waals surface area contributed by atoms with Gasteiger partial charge in [0.05, 0.1) is 0 Å². The number of hydrogen-bond acceptors (Lipinski definition) is 5. The van der Waals surface area contributed by atoms with Crippen molar-refractivity contribution in [3.8, 4) is 0 Å². The van der Waals surface area contributed by atoms with E-state index in [1.54, 1.807) is 13.8 Å². The molecule has 118 valence electrons. The molecule has 20 heavy (non-hydrogen) atoms. The molecule has 0 heterocycles. The van der Waals surface area contributed by atoms with Crippen LogP contribution in [0.2, 0.25) is 0 Å². The van der Waals surface area contributed by atoms with Gasteiger partial charge in [-0.1, -0.05) is 13.5 Å². The summed E-state index contributed by atoms with van der Waals surface area (Å²) in [5.41, 5.74) is 0.461. The Bertz CT molecular complexity index is 300. The van der Waals surface area contributed by atoms with Crippen LogP contribution in [-0.2, 0) is 22.8 Å². The third-order valence-electron chi connectivity index (χ3n) is 2.50. The van der Waals surface area contributed by atoms with E-state index < -0.39 is 14.9 Å². The lowest BCUT2D eigenvalue weighted by Gasteiger charge is -2.31. The predicted octanol–water partition coefficient (Wildman–Crippen LogP) is 2.51. The van der Waals surface area contributed by atoms with Crippen molar-refractivity contribution in [1.82, 2.24) is 0 Å². The highest BCUT2D eigenvalue weighted by atomic mass is 28.4. The summed E-state index contributed by atoms with van der Waals surface area (Å²) in [6.45, 7) is 14.3. The predicted molar refractivity (Wildman–Crippen MR) is 80.5 cm³/mol. The molecule has 0 amide bonds. The molecule has 0 spiro atoms. The van der Waals surface area contributed by atoms with Crippen molar-refractivity contribution >= 4 is 14.6 Å². The fourth-order valence-electron chi connectivity index (χ4n) is 1.68. The van der Waals surface area contributed by atoms with Gasteiger partial charge in [-0.05, 0) is 39.7 Å². The number of ether oxygens (including phenoxy) is 1. The minimum atomic E-state index is -2.99. The Hall–Kier alpha value is -0.533. The quantitative estimate of drug-likeness (QED) is 0.315. The van der Waals surface area contributed by atoms with Crippen LogP contribution in [0.4, 0.5) is 0 Å². The molecule has 0 rings (SSSR count). The fourth-order valence-corrected chi connectivity index (χ4v) is 4.05. The second-order valence-corrected chi connectivity index (χ2v) is 6.97. The Labute approximate surface area is 123 Å². The molecule has 5 nitrogen and oxygen atoms in total. The summed E-state index contributed by atoms with van der Waals surface area (Å²) in [4.78, 5) is 11.9. The van der Waals surface area contributed by atoms with Crippen molar-refractivity contribution in [2.75, 3.05) is 26.1 Å². The molecule has 0 aliphatic heterocycles. The summed E-state index contributed by atoms with van der Waals surface area (Å²) in [6, 6.07) is 0. The number of hydrogen-bond donors (Lipinski definition) is 0. The first kappa shape index (κ1) is 19.5. The van der Waals surface area contributed by atoms with E-state index in [-0.39, 0.29) is 12.0 Å². The molecule has 0 radical (unpaired) electrons. The summed E-state index contributed by atoms with van der Waals surface area (Å²) in [5, 5.41) is 0. The maximum atomic E-state index is 11.9. The lowest BCUT2D eigenvalue weighted by Crippen LogP contribution is -2.53. The number of ketones is 1. The van der Waals surface area contributed by atoms with Gasteiger partial charge < -0.3 is 18.0 Å². The first-order valence-corrected chi connectivity index (χ1v) is 9.08. The zero-order chi connectivity index (χ0) is 15.6. The van der Waals surface area contributed by atoms with Gasteiger partial charge in [-0.25, -0.2) is 0 Å². The Kier molecular flexibility index (Phi) is 9.96. The van der Waals surface area contributed by atoms with Gasteiger partial charge in [-0.3, -0.25) is 4.79 Å². The second-order valence-electron chi connectivity index (χ2n) is 4.51. The first-order valence-electron chi connectivity index (χ1n) is 7.15. The van der Waals surface area contributed by atoms with Crippen molar-refractivity contribution in [2.24, 2.45) is 0 Å². The van der Waals surface area contributed by atoms with E-state index >= 15 is 0 Å². The van der Waals surface area contributed by atoms with Crippen LogP contribution in [0.15, 0.2) is 12.2 Å². The Morgan fingerprint density at radius 2 is 1.75 bits per heavy atom. The van der Waals surface area contributed by atoms with Crippen molar-refractivity contribution in [3.05, 3.63) is 12.2 Å². The van der Waals surface area contributed by atoms with Crippen molar-refractivity contribution in [2.45, 2.75) is 47.1 Å². The zero-order valence-corrected chi connectivity index (χ0v) is 14.4. The highest BCUT2D eigenvalue weighted by molar-refractivity contribution is 6.60. The largest absolute Gasteiger partial charge is 0.528 e. The monoisotopic (exact) mass is 304 g/mol. The molecular weight excluding hydrogens is 276 g/mol. The highest BCUT2D eigenvalue weighted by Crippen LogP contribution is 2.16. The van der Waals surface area contributed by atoms with Crippen molar-refractivity contribution < 1.29 is 22.8 Å². The van der Waals surface area contributed by atoms with Gasteiger partial charge in [0.25, 0.3) is 0 Å². The number of carbonyl (C=O) groups excluding carboxylic acids is 1. The molecule has 0 saturated carbocycles. The van der Waals surface area contributed by atoms with Gasteiger partial charge in [0.1, 0.15) is 12.3 Å². The van der Waals surface area contributed by atoms with Crippen LogP contribution in [0.1, 0.15) is 41.0 Å². The smallest absolute Gasteiger partial charge is 0.377 e. The molecule has 1 atom stereocenters. The van der Waals surface area contributed by atoms with Gasteiger partial charge >= 0.3 is 8.80 Å². The molecule has 0 aromatic carbocycles. The van der Waals surface area contributed by atoms with Crippen LogP contribution in [0.5, 0.6) is 0 Å². The lowest BCUT2D eigenvalue weighted by molar-refractivity contribution is -0.124. The molecule has 6 heteroatoms. The standard InChI is InChI=1S/C14H28O5Si/c1-7-10-16-11-20(17-8-2,18-9-3)19-13(6)14(15)12(4)5/h13H,4,7-11H2,1-3,5-6H3. The minimum absolute atomic E-state index is 0.142. The van der Waals surface area contributed by atoms with E-state index in [1.807, 2.05) is 20.8 Å². The molecule has 0 aromatic rings. The lowest BCUT2D eigenvalue weighted by atomic mass is 10.1. The maximum Gasteiger partial charge on any atom is 0.528 e. The summed E-state index contributed by atoms with van der Waals surface area (Å²) < 4.78 is 22.8. The van der Waals surface area contributed by atoms with E-state index in [1.165, 1.54) is 0 Å². The molecule has 0 N–H and O–H groups in total. The molecule has 0 fully saturated rings. The summed E-state index contributed by atoms with van der Waals surface area (Å²) >= 11 is 0. The third kappa shape index (κ3) is 6.76. The van der Waals surface area contributed by atoms with Crippen molar-refractivity contribution in [1.29, 1.82) is 0 Å². The van der Waals surface area contributed by atoms with Crippen LogP contribution in [0.25, 0.3) is 0 Å². The Balaban J connectivity index is 4.86. The van der Waals surface area contributed by atoms with E-state index in [9.17, 15) is 4.79 Å². The number of carbonyl (C=O) groups is 1. The van der Waals surface area contributed by atoms with Crippen LogP contribution < -0.4 is 0 Å². The Morgan fingerprint density at radius 3 is 2.15 bits per heavy atom. The maximum absolute atomic E-state index is 11.9. The van der Waals surface area contributed by atoms with Crippen molar-refractivity contribution in [3.63, 3.8) is 0 Å². The van der Waals surface area contributed by atoms with Gasteiger partial charge in [-0.15, -0.1) is 0 Å². The normalized spacial score (nSPS) is 13.2. The van der Waals surface area contributed by atoms with E-state index in [0.717, 1.165) is 6.42 Å². The SMILES string of the molecule is C=C(C)C(=O)C(C)O[Si](COCCC)(OCC)OCC. The topological polar surface area (TPSA) is 54.0 Å². The van der Waals surface area contributed by atoms with Gasteiger partial charge in [0.15, 0.2) is 5.78 Å². The van der Waals surface area contributed by atoms with Gasteiger partial charge in [-0.2, -0.15) is 0 Å². The summed E-state index contributed by atoms with van der Waals surface area (Å²) in [6.07, 6.45) is 0.529. The van der Waals surface area contributed by atoms with Crippen LogP contribution >= 0.6 is 0 Å². The average molecular weight is 304 g/mol. The van der Waals surface area contributed by atoms with E-state index in [2.05, 4.69) is 6.58 Å². The fraction of sp³-hybridized carbons (Fsp3) is 0.786. The van der Waals surface area contributed by atoms with Gasteiger partial charge in [0.2, 0.25) is 0 Å². The van der Waals surface area contributed by atoms with Crippen LogP contribution in [-0.4, -0.2) is 46.7 Å².